The summed E-state index contributed by atoms with van der Waals surface area (Å²) in [7, 11) is 1.83. The zero-order valence-electron chi connectivity index (χ0n) is 7.05. The van der Waals surface area contributed by atoms with E-state index >= 15 is 0 Å². The van der Waals surface area contributed by atoms with E-state index in [0.717, 1.165) is 25.8 Å². The second-order valence-corrected chi connectivity index (χ2v) is 3.22. The lowest BCUT2D eigenvalue weighted by molar-refractivity contribution is -0.131. The number of hydrogen-bond donors (Lipinski definition) is 1. The predicted molar refractivity (Wildman–Crippen MR) is 44.1 cm³/mol. The van der Waals surface area contributed by atoms with Crippen LogP contribution in [0.1, 0.15) is 25.7 Å². The first kappa shape index (κ1) is 8.53. The smallest absolute Gasteiger partial charge is 0.239 e. The zero-order valence-corrected chi connectivity index (χ0v) is 7.05. The van der Waals surface area contributed by atoms with Crippen molar-refractivity contribution in [1.82, 2.24) is 4.90 Å². The third-order valence-corrected chi connectivity index (χ3v) is 2.20. The minimum absolute atomic E-state index is 0.102. The Morgan fingerprint density at radius 1 is 1.45 bits per heavy atom. The van der Waals surface area contributed by atoms with Gasteiger partial charge >= 0.3 is 0 Å². The fourth-order valence-electron chi connectivity index (χ4n) is 1.41. The van der Waals surface area contributed by atoms with Crippen molar-refractivity contribution in [2.45, 2.75) is 31.7 Å². The van der Waals surface area contributed by atoms with Crippen LogP contribution in [0.3, 0.4) is 0 Å². The van der Waals surface area contributed by atoms with Gasteiger partial charge in [0.15, 0.2) is 0 Å². The monoisotopic (exact) mass is 156 g/mol. The molecule has 1 rings (SSSR count). The van der Waals surface area contributed by atoms with Crippen LogP contribution in [-0.4, -0.2) is 30.4 Å². The molecule has 0 aliphatic carbocycles. The van der Waals surface area contributed by atoms with Gasteiger partial charge in [0.05, 0.1) is 6.04 Å². The zero-order chi connectivity index (χ0) is 8.27. The van der Waals surface area contributed by atoms with Crippen molar-refractivity contribution in [3.63, 3.8) is 0 Å². The molecule has 1 amide bonds. The molecule has 1 aliphatic rings. The summed E-state index contributed by atoms with van der Waals surface area (Å²) in [6, 6.07) is -0.250. The van der Waals surface area contributed by atoms with Gasteiger partial charge in [-0.15, -0.1) is 0 Å². The normalized spacial score (nSPS) is 28.0. The Kier molecular flexibility index (Phi) is 2.88. The Labute approximate surface area is 67.5 Å². The maximum Gasteiger partial charge on any atom is 0.239 e. The van der Waals surface area contributed by atoms with Crippen LogP contribution in [-0.2, 0) is 4.79 Å². The van der Waals surface area contributed by atoms with Gasteiger partial charge in [-0.25, -0.2) is 0 Å². The second kappa shape index (κ2) is 3.72. The average Bonchev–Trinajstić information content (AvgIpc) is 2.00. The molecular formula is C8H16N2O. The quantitative estimate of drug-likeness (QED) is 0.550. The van der Waals surface area contributed by atoms with Gasteiger partial charge in [-0.2, -0.15) is 0 Å². The number of carbonyl (C=O) groups is 1. The van der Waals surface area contributed by atoms with E-state index in [-0.39, 0.29) is 11.9 Å². The van der Waals surface area contributed by atoms with E-state index in [2.05, 4.69) is 0 Å². The van der Waals surface area contributed by atoms with Crippen LogP contribution >= 0.6 is 0 Å². The number of likely N-dealkylation sites (tertiary alicyclic amines) is 1. The van der Waals surface area contributed by atoms with Gasteiger partial charge in [0.25, 0.3) is 0 Å². The lowest BCUT2D eigenvalue weighted by Crippen LogP contribution is -2.43. The van der Waals surface area contributed by atoms with E-state index in [1.165, 1.54) is 6.42 Å². The number of likely N-dealkylation sites (N-methyl/N-ethyl adjacent to an activating group) is 1. The molecular weight excluding hydrogens is 140 g/mol. The lowest BCUT2D eigenvalue weighted by Gasteiger charge is -2.23. The summed E-state index contributed by atoms with van der Waals surface area (Å²) >= 11 is 0. The largest absolute Gasteiger partial charge is 0.344 e. The summed E-state index contributed by atoms with van der Waals surface area (Å²) < 4.78 is 0. The Bertz CT molecular complexity index is 133. The molecule has 1 heterocycles. The molecule has 64 valence electrons. The second-order valence-electron chi connectivity index (χ2n) is 3.22. The molecule has 1 unspecified atom stereocenters. The van der Waals surface area contributed by atoms with Crippen molar-refractivity contribution in [2.24, 2.45) is 5.73 Å². The first-order valence-electron chi connectivity index (χ1n) is 4.22. The minimum Gasteiger partial charge on any atom is -0.344 e. The van der Waals surface area contributed by atoms with E-state index in [1.54, 1.807) is 4.90 Å². The van der Waals surface area contributed by atoms with Crippen molar-refractivity contribution in [3.8, 4) is 0 Å². The molecule has 0 spiro atoms. The van der Waals surface area contributed by atoms with Crippen molar-refractivity contribution >= 4 is 5.91 Å². The first-order valence-corrected chi connectivity index (χ1v) is 4.22. The summed E-state index contributed by atoms with van der Waals surface area (Å²) in [5, 5.41) is 0. The highest BCUT2D eigenvalue weighted by molar-refractivity contribution is 5.81. The number of amides is 1. The highest BCUT2D eigenvalue weighted by Crippen LogP contribution is 2.09. The molecule has 2 N–H and O–H groups in total. The van der Waals surface area contributed by atoms with E-state index in [1.807, 2.05) is 7.05 Å². The molecule has 0 bridgehead atoms. The van der Waals surface area contributed by atoms with Crippen LogP contribution in [0.15, 0.2) is 0 Å². The fraction of sp³-hybridized carbons (Fsp3) is 0.875. The number of nitrogens with zero attached hydrogens (tertiary/aromatic N) is 1. The molecule has 0 aromatic rings. The highest BCUT2D eigenvalue weighted by Gasteiger charge is 2.18. The van der Waals surface area contributed by atoms with Gasteiger partial charge in [0.1, 0.15) is 0 Å². The molecule has 3 nitrogen and oxygen atoms in total. The third-order valence-electron chi connectivity index (χ3n) is 2.20. The fourth-order valence-corrected chi connectivity index (χ4v) is 1.41. The van der Waals surface area contributed by atoms with Gasteiger partial charge in [-0.05, 0) is 12.8 Å². The number of hydrogen-bond acceptors (Lipinski definition) is 2. The topological polar surface area (TPSA) is 46.3 Å². The molecule has 0 radical (unpaired) electrons. The Hall–Kier alpha value is -0.570. The number of carbonyl (C=O) groups excluding carboxylic acids is 1. The van der Waals surface area contributed by atoms with Crippen molar-refractivity contribution in [2.75, 3.05) is 13.6 Å². The number of nitrogens with two attached hydrogens (primary N) is 1. The van der Waals surface area contributed by atoms with Crippen LogP contribution in [0.25, 0.3) is 0 Å². The minimum atomic E-state index is -0.250. The first-order chi connectivity index (χ1) is 5.22. The standard InChI is InChI=1S/C8H16N2O/c1-10-6-4-2-3-5-7(9)8(10)11/h7H,2-6,9H2,1H3. The third kappa shape index (κ3) is 2.19. The summed E-state index contributed by atoms with van der Waals surface area (Å²) in [6.07, 6.45) is 4.27. The summed E-state index contributed by atoms with van der Waals surface area (Å²) in [5.74, 6) is 0.102. The Morgan fingerprint density at radius 2 is 2.18 bits per heavy atom. The maximum atomic E-state index is 11.3. The molecule has 11 heavy (non-hydrogen) atoms. The molecule has 1 aliphatic heterocycles. The summed E-state index contributed by atoms with van der Waals surface area (Å²) in [6.45, 7) is 0.868. The molecule has 0 aromatic heterocycles. The van der Waals surface area contributed by atoms with E-state index < -0.39 is 0 Å². The van der Waals surface area contributed by atoms with Crippen LogP contribution in [0.4, 0.5) is 0 Å². The Balaban J connectivity index is 2.49. The Morgan fingerprint density at radius 3 is 2.91 bits per heavy atom. The molecule has 3 heteroatoms. The predicted octanol–water partition coefficient (Wildman–Crippen LogP) is 0.346. The molecule has 0 saturated carbocycles. The van der Waals surface area contributed by atoms with E-state index in [9.17, 15) is 4.79 Å². The highest BCUT2D eigenvalue weighted by atomic mass is 16.2. The van der Waals surface area contributed by atoms with E-state index in [4.69, 9.17) is 5.73 Å². The average molecular weight is 156 g/mol. The van der Waals surface area contributed by atoms with Gasteiger partial charge in [-0.3, -0.25) is 4.79 Å². The molecule has 1 fully saturated rings. The van der Waals surface area contributed by atoms with E-state index in [0.29, 0.717) is 0 Å². The SMILES string of the molecule is CN1CCCCCC(N)C1=O. The number of rotatable bonds is 0. The van der Waals surface area contributed by atoms with Crippen LogP contribution in [0, 0.1) is 0 Å². The molecule has 1 atom stereocenters. The van der Waals surface area contributed by atoms with Gasteiger partial charge in [0.2, 0.25) is 5.91 Å². The van der Waals surface area contributed by atoms with Gasteiger partial charge < -0.3 is 10.6 Å². The van der Waals surface area contributed by atoms with Crippen LogP contribution in [0.5, 0.6) is 0 Å². The van der Waals surface area contributed by atoms with Crippen LogP contribution < -0.4 is 5.73 Å². The maximum absolute atomic E-state index is 11.3. The lowest BCUT2D eigenvalue weighted by atomic mass is 10.1. The summed E-state index contributed by atoms with van der Waals surface area (Å²) in [4.78, 5) is 13.0. The summed E-state index contributed by atoms with van der Waals surface area (Å²) in [5.41, 5.74) is 5.65. The molecule has 1 saturated heterocycles. The van der Waals surface area contributed by atoms with Crippen molar-refractivity contribution < 1.29 is 4.79 Å². The van der Waals surface area contributed by atoms with Gasteiger partial charge in [-0.1, -0.05) is 12.8 Å². The van der Waals surface area contributed by atoms with Crippen molar-refractivity contribution in [1.29, 1.82) is 0 Å². The van der Waals surface area contributed by atoms with Gasteiger partial charge in [0, 0.05) is 13.6 Å². The van der Waals surface area contributed by atoms with Crippen molar-refractivity contribution in [3.05, 3.63) is 0 Å². The molecule has 0 aromatic carbocycles. The van der Waals surface area contributed by atoms with Crippen LogP contribution in [0.2, 0.25) is 0 Å².